The second-order valence-electron chi connectivity index (χ2n) is 4.59. The number of benzene rings is 1. The highest BCUT2D eigenvalue weighted by molar-refractivity contribution is 5.80. The summed E-state index contributed by atoms with van der Waals surface area (Å²) >= 11 is 0. The molecule has 1 aromatic carbocycles. The van der Waals surface area contributed by atoms with Gasteiger partial charge >= 0.3 is 0 Å². The molecule has 0 spiro atoms. The molecule has 0 fully saturated rings. The first-order valence-electron chi connectivity index (χ1n) is 6.34. The number of carbonyl (C=O) groups is 2. The average molecular weight is 280 g/mol. The summed E-state index contributed by atoms with van der Waals surface area (Å²) in [5.41, 5.74) is 7.02. The molecule has 0 heterocycles. The largest absolute Gasteiger partial charge is 0.493 e. The van der Waals surface area contributed by atoms with Crippen LogP contribution in [0, 0.1) is 13.8 Å². The molecule has 0 aromatic heterocycles. The van der Waals surface area contributed by atoms with Gasteiger partial charge in [0.05, 0.1) is 19.6 Å². The van der Waals surface area contributed by atoms with Crippen LogP contribution in [0.15, 0.2) is 18.2 Å². The van der Waals surface area contributed by atoms with E-state index in [0.717, 1.165) is 16.9 Å². The fourth-order valence-electron chi connectivity index (χ4n) is 1.61. The van der Waals surface area contributed by atoms with Crippen LogP contribution in [0.2, 0.25) is 0 Å². The number of nitrogens with two attached hydrogens (primary N) is 1. The van der Waals surface area contributed by atoms with Gasteiger partial charge in [-0.15, -0.1) is 0 Å². The number of ether oxygens (including phenoxy) is 1. The summed E-state index contributed by atoms with van der Waals surface area (Å²) in [7, 11) is 0. The summed E-state index contributed by atoms with van der Waals surface area (Å²) in [5, 5.41) is 11.5. The van der Waals surface area contributed by atoms with Crippen molar-refractivity contribution in [3.05, 3.63) is 29.3 Å². The first-order chi connectivity index (χ1) is 9.40. The predicted octanol–water partition coefficient (Wildman–Crippen LogP) is 0.0347. The Balaban J connectivity index is 2.30. The molecule has 2 amide bonds. The molecule has 1 atom stereocenters. The molecule has 0 aliphatic carbocycles. The minimum Gasteiger partial charge on any atom is -0.493 e. The molecule has 0 aliphatic heterocycles. The van der Waals surface area contributed by atoms with Crippen LogP contribution in [-0.4, -0.2) is 36.2 Å². The quantitative estimate of drug-likeness (QED) is 0.656. The van der Waals surface area contributed by atoms with Crippen LogP contribution in [-0.2, 0) is 9.59 Å². The van der Waals surface area contributed by atoms with Crippen LogP contribution in [0.3, 0.4) is 0 Å². The molecule has 4 N–H and O–H groups in total. The molecule has 0 saturated heterocycles. The fraction of sp³-hybridized carbons (Fsp3) is 0.429. The number of hydrogen-bond donors (Lipinski definition) is 3. The highest BCUT2D eigenvalue weighted by Gasteiger charge is 2.12. The van der Waals surface area contributed by atoms with Crippen molar-refractivity contribution in [2.75, 3.05) is 13.2 Å². The van der Waals surface area contributed by atoms with E-state index in [9.17, 15) is 9.59 Å². The number of amides is 2. The maximum Gasteiger partial charge on any atom is 0.248 e. The zero-order valence-electron chi connectivity index (χ0n) is 11.7. The molecule has 1 unspecified atom stereocenters. The van der Waals surface area contributed by atoms with Gasteiger partial charge in [-0.1, -0.05) is 17.7 Å². The van der Waals surface area contributed by atoms with Crippen LogP contribution in [0.4, 0.5) is 0 Å². The Bertz CT molecular complexity index is 488. The molecule has 6 nitrogen and oxygen atoms in total. The molecular weight excluding hydrogens is 260 g/mol. The zero-order valence-corrected chi connectivity index (χ0v) is 11.7. The smallest absolute Gasteiger partial charge is 0.248 e. The number of aliphatic hydroxyl groups is 1. The molecule has 6 heteroatoms. The Morgan fingerprint density at radius 3 is 2.70 bits per heavy atom. The maximum absolute atomic E-state index is 11.4. The Labute approximate surface area is 117 Å². The summed E-state index contributed by atoms with van der Waals surface area (Å²) in [4.78, 5) is 22.0. The van der Waals surface area contributed by atoms with Crippen LogP contribution in [0.5, 0.6) is 5.75 Å². The zero-order chi connectivity index (χ0) is 15.1. The van der Waals surface area contributed by atoms with Crippen molar-refractivity contribution in [2.24, 2.45) is 5.73 Å². The van der Waals surface area contributed by atoms with Gasteiger partial charge < -0.3 is 20.9 Å². The normalized spacial score (nSPS) is 11.8. The van der Waals surface area contributed by atoms with E-state index in [0.29, 0.717) is 0 Å². The number of aryl methyl sites for hydroxylation is 2. The Morgan fingerprint density at radius 1 is 1.40 bits per heavy atom. The third-order valence-corrected chi connectivity index (χ3v) is 2.74. The molecule has 0 radical (unpaired) electrons. The Morgan fingerprint density at radius 2 is 2.10 bits per heavy atom. The highest BCUT2D eigenvalue weighted by atomic mass is 16.5. The molecule has 0 bridgehead atoms. The minimum absolute atomic E-state index is 0.138. The Hall–Kier alpha value is -2.08. The van der Waals surface area contributed by atoms with E-state index in [1.165, 1.54) is 0 Å². The van der Waals surface area contributed by atoms with Crippen molar-refractivity contribution < 1.29 is 19.4 Å². The third-order valence-electron chi connectivity index (χ3n) is 2.74. The molecule has 0 aliphatic rings. The van der Waals surface area contributed by atoms with Gasteiger partial charge in [0, 0.05) is 0 Å². The molecule has 1 rings (SSSR count). The number of primary amides is 1. The van der Waals surface area contributed by atoms with E-state index in [-0.39, 0.29) is 25.5 Å². The number of aliphatic hydroxyl groups excluding tert-OH is 1. The van der Waals surface area contributed by atoms with Crippen molar-refractivity contribution in [3.8, 4) is 5.75 Å². The Kier molecular flexibility index (Phi) is 5.99. The fourth-order valence-corrected chi connectivity index (χ4v) is 1.61. The van der Waals surface area contributed by atoms with Crippen molar-refractivity contribution in [1.29, 1.82) is 0 Å². The van der Waals surface area contributed by atoms with E-state index < -0.39 is 12.0 Å². The van der Waals surface area contributed by atoms with Crippen LogP contribution in [0.1, 0.15) is 17.5 Å². The molecule has 110 valence electrons. The average Bonchev–Trinajstić information content (AvgIpc) is 2.38. The van der Waals surface area contributed by atoms with Crippen LogP contribution < -0.4 is 15.8 Å². The van der Waals surface area contributed by atoms with E-state index >= 15 is 0 Å². The van der Waals surface area contributed by atoms with Gasteiger partial charge in [0.1, 0.15) is 11.9 Å². The molecule has 20 heavy (non-hydrogen) atoms. The summed E-state index contributed by atoms with van der Waals surface area (Å²) in [5.74, 6) is -0.438. The van der Waals surface area contributed by atoms with Crippen molar-refractivity contribution in [3.63, 3.8) is 0 Å². The lowest BCUT2D eigenvalue weighted by Gasteiger charge is -2.11. The number of hydrogen-bond acceptors (Lipinski definition) is 4. The van der Waals surface area contributed by atoms with Gasteiger partial charge in [0.2, 0.25) is 11.8 Å². The SMILES string of the molecule is Cc1ccc(OCCC(=O)NCC(O)C(N)=O)c(C)c1. The van der Waals surface area contributed by atoms with Crippen LogP contribution >= 0.6 is 0 Å². The van der Waals surface area contributed by atoms with E-state index in [1.54, 1.807) is 0 Å². The summed E-state index contributed by atoms with van der Waals surface area (Å²) < 4.78 is 5.50. The second kappa shape index (κ2) is 7.49. The number of rotatable bonds is 7. The third kappa shape index (κ3) is 5.27. The molecule has 0 saturated carbocycles. The van der Waals surface area contributed by atoms with Gasteiger partial charge in [-0.3, -0.25) is 9.59 Å². The molecule has 1 aromatic rings. The standard InChI is InChI=1S/C14H20N2O4/c1-9-3-4-12(10(2)7-9)20-6-5-13(18)16-8-11(17)14(15)19/h3-4,7,11,17H,5-6,8H2,1-2H3,(H2,15,19)(H,16,18). The summed E-state index contributed by atoms with van der Waals surface area (Å²) in [6, 6.07) is 5.80. The summed E-state index contributed by atoms with van der Waals surface area (Å²) in [6.07, 6.45) is -1.22. The van der Waals surface area contributed by atoms with Gasteiger partial charge in [-0.2, -0.15) is 0 Å². The maximum atomic E-state index is 11.4. The van der Waals surface area contributed by atoms with Gasteiger partial charge in [-0.25, -0.2) is 0 Å². The lowest BCUT2D eigenvalue weighted by molar-refractivity contribution is -0.127. The lowest BCUT2D eigenvalue weighted by Crippen LogP contribution is -2.40. The molecular formula is C14H20N2O4. The predicted molar refractivity (Wildman–Crippen MR) is 74.2 cm³/mol. The topological polar surface area (TPSA) is 102 Å². The second-order valence-corrected chi connectivity index (χ2v) is 4.59. The van der Waals surface area contributed by atoms with Gasteiger partial charge in [0.25, 0.3) is 0 Å². The summed E-state index contributed by atoms with van der Waals surface area (Å²) in [6.45, 7) is 3.97. The van der Waals surface area contributed by atoms with E-state index in [4.69, 9.17) is 15.6 Å². The van der Waals surface area contributed by atoms with Gasteiger partial charge in [-0.05, 0) is 25.5 Å². The highest BCUT2D eigenvalue weighted by Crippen LogP contribution is 2.18. The van der Waals surface area contributed by atoms with E-state index in [1.807, 2.05) is 32.0 Å². The lowest BCUT2D eigenvalue weighted by atomic mass is 10.1. The number of carbonyl (C=O) groups excluding carboxylic acids is 2. The van der Waals surface area contributed by atoms with Crippen molar-refractivity contribution >= 4 is 11.8 Å². The van der Waals surface area contributed by atoms with Gasteiger partial charge in [0.15, 0.2) is 0 Å². The van der Waals surface area contributed by atoms with Crippen molar-refractivity contribution in [1.82, 2.24) is 5.32 Å². The first kappa shape index (κ1) is 16.0. The van der Waals surface area contributed by atoms with Crippen molar-refractivity contribution in [2.45, 2.75) is 26.4 Å². The first-order valence-corrected chi connectivity index (χ1v) is 6.34. The van der Waals surface area contributed by atoms with E-state index in [2.05, 4.69) is 5.32 Å². The monoisotopic (exact) mass is 280 g/mol. The number of nitrogens with one attached hydrogen (secondary N) is 1. The van der Waals surface area contributed by atoms with Crippen LogP contribution in [0.25, 0.3) is 0 Å². The minimum atomic E-state index is -1.36.